The smallest absolute Gasteiger partial charge is 0.263 e. The molecule has 5 heteroatoms. The molecule has 28 heavy (non-hydrogen) atoms. The lowest BCUT2D eigenvalue weighted by molar-refractivity contribution is -0.139. The number of carbonyl (C=O) groups is 1. The van der Waals surface area contributed by atoms with Crippen molar-refractivity contribution >= 4 is 23.2 Å². The Kier molecular flexibility index (Phi) is 6.50. The molecule has 0 bridgehead atoms. The Bertz CT molecular complexity index is 844. The lowest BCUT2D eigenvalue weighted by Gasteiger charge is -2.38. The number of rotatable bonds is 5. The van der Waals surface area contributed by atoms with E-state index in [1.807, 2.05) is 49.1 Å². The largest absolute Gasteiger partial charge is 0.480 e. The second-order valence-electron chi connectivity index (χ2n) is 7.53. The molecule has 150 valence electrons. The molecule has 4 nitrogen and oxygen atoms in total. The van der Waals surface area contributed by atoms with E-state index in [1.54, 1.807) is 0 Å². The van der Waals surface area contributed by atoms with Crippen LogP contribution in [0.5, 0.6) is 5.75 Å². The van der Waals surface area contributed by atoms with Crippen molar-refractivity contribution in [2.24, 2.45) is 0 Å². The van der Waals surface area contributed by atoms with Gasteiger partial charge >= 0.3 is 0 Å². The van der Waals surface area contributed by atoms with Crippen molar-refractivity contribution in [1.82, 2.24) is 4.90 Å². The molecule has 1 aliphatic heterocycles. The second kappa shape index (κ2) is 8.87. The summed E-state index contributed by atoms with van der Waals surface area (Å²) >= 11 is 6.17. The lowest BCUT2D eigenvalue weighted by Crippen LogP contribution is -2.52. The zero-order valence-corrected chi connectivity index (χ0v) is 17.9. The van der Waals surface area contributed by atoms with E-state index in [4.69, 9.17) is 16.3 Å². The number of piperazine rings is 1. The maximum Gasteiger partial charge on any atom is 0.263 e. The third-order valence-corrected chi connectivity index (χ3v) is 5.58. The minimum Gasteiger partial charge on any atom is -0.480 e. The molecule has 1 heterocycles. The van der Waals surface area contributed by atoms with E-state index in [9.17, 15) is 4.79 Å². The van der Waals surface area contributed by atoms with Crippen molar-refractivity contribution in [3.63, 3.8) is 0 Å². The highest BCUT2D eigenvalue weighted by Gasteiger charge is 2.28. The fourth-order valence-electron chi connectivity index (χ4n) is 3.69. The molecule has 1 amide bonds. The molecule has 0 radical (unpaired) electrons. The first-order valence-electron chi connectivity index (χ1n) is 9.93. The Balaban J connectivity index is 1.64. The lowest BCUT2D eigenvalue weighted by atomic mass is 10.1. The Morgan fingerprint density at radius 3 is 2.39 bits per heavy atom. The van der Waals surface area contributed by atoms with Gasteiger partial charge in [-0.1, -0.05) is 42.3 Å². The normalized spacial score (nSPS) is 15.5. The van der Waals surface area contributed by atoms with Crippen molar-refractivity contribution in [2.75, 3.05) is 31.1 Å². The molecular formula is C23H29ClN2O2. The van der Waals surface area contributed by atoms with Crippen molar-refractivity contribution < 1.29 is 9.53 Å². The molecule has 3 rings (SSSR count). The van der Waals surface area contributed by atoms with Crippen molar-refractivity contribution in [2.45, 2.75) is 40.2 Å². The molecule has 1 atom stereocenters. The Hall–Kier alpha value is -2.20. The Morgan fingerprint density at radius 1 is 1.04 bits per heavy atom. The van der Waals surface area contributed by atoms with Gasteiger partial charge in [0, 0.05) is 36.9 Å². The number of halogens is 1. The molecule has 1 unspecified atom stereocenters. The highest BCUT2D eigenvalue weighted by molar-refractivity contribution is 6.30. The van der Waals surface area contributed by atoms with Gasteiger partial charge in [0.25, 0.3) is 5.91 Å². The van der Waals surface area contributed by atoms with Crippen LogP contribution in [0.3, 0.4) is 0 Å². The predicted octanol–water partition coefficient (Wildman–Crippen LogP) is 4.77. The third-order valence-electron chi connectivity index (χ3n) is 5.35. The molecule has 1 fully saturated rings. The molecule has 0 saturated carbocycles. The maximum atomic E-state index is 13.0. The number of carbonyl (C=O) groups excluding carboxylic acids is 1. The van der Waals surface area contributed by atoms with Gasteiger partial charge < -0.3 is 14.5 Å². The fraction of sp³-hybridized carbons (Fsp3) is 0.435. The van der Waals surface area contributed by atoms with Crippen LogP contribution in [0.1, 0.15) is 30.0 Å². The number of hydrogen-bond donors (Lipinski definition) is 0. The average molecular weight is 401 g/mol. The monoisotopic (exact) mass is 400 g/mol. The van der Waals surface area contributed by atoms with Gasteiger partial charge in [0.05, 0.1) is 0 Å². The van der Waals surface area contributed by atoms with Crippen molar-refractivity contribution in [3.05, 3.63) is 58.1 Å². The minimum atomic E-state index is -0.444. The number of hydrogen-bond acceptors (Lipinski definition) is 3. The van der Waals surface area contributed by atoms with Crippen LogP contribution in [-0.4, -0.2) is 43.1 Å². The fourth-order valence-corrected chi connectivity index (χ4v) is 3.85. The number of benzene rings is 2. The summed E-state index contributed by atoms with van der Waals surface area (Å²) in [5.74, 6) is 0.865. The van der Waals surface area contributed by atoms with Crippen LogP contribution >= 0.6 is 11.6 Å². The summed E-state index contributed by atoms with van der Waals surface area (Å²) in [5.41, 5.74) is 4.61. The number of anilines is 1. The molecule has 0 N–H and O–H groups in total. The second-order valence-corrected chi connectivity index (χ2v) is 7.96. The summed E-state index contributed by atoms with van der Waals surface area (Å²) in [6.45, 7) is 11.1. The average Bonchev–Trinajstić information content (AvgIpc) is 2.69. The number of amides is 1. The highest BCUT2D eigenvalue weighted by atomic mass is 35.5. The Labute approximate surface area is 173 Å². The summed E-state index contributed by atoms with van der Waals surface area (Å²) in [7, 11) is 0. The van der Waals surface area contributed by atoms with Gasteiger partial charge in [0.1, 0.15) is 5.75 Å². The standard InChI is InChI=1S/C23H29ClN2O2/c1-5-21(28-22-9-6-16(2)14-18(22)4)23(27)26-12-10-25(11-13-26)20-15-19(24)8-7-17(20)3/h6-9,14-15,21H,5,10-13H2,1-4H3. The molecule has 1 aliphatic rings. The van der Waals surface area contributed by atoms with E-state index in [0.717, 1.165) is 35.1 Å². The molecule has 2 aromatic rings. The van der Waals surface area contributed by atoms with Gasteiger partial charge in [-0.15, -0.1) is 0 Å². The summed E-state index contributed by atoms with van der Waals surface area (Å²) in [6, 6.07) is 12.0. The van der Waals surface area contributed by atoms with Gasteiger partial charge in [-0.25, -0.2) is 0 Å². The van der Waals surface area contributed by atoms with Gasteiger partial charge in [-0.05, 0) is 56.5 Å². The first-order chi connectivity index (χ1) is 13.4. The van der Waals surface area contributed by atoms with Gasteiger partial charge in [-0.3, -0.25) is 4.79 Å². The molecule has 0 aromatic heterocycles. The van der Waals surface area contributed by atoms with Crippen molar-refractivity contribution in [1.29, 1.82) is 0 Å². The van der Waals surface area contributed by atoms with Gasteiger partial charge in [0.2, 0.25) is 0 Å². The van der Waals surface area contributed by atoms with Crippen LogP contribution in [0.4, 0.5) is 5.69 Å². The van der Waals surface area contributed by atoms with Crippen LogP contribution in [-0.2, 0) is 4.79 Å². The van der Waals surface area contributed by atoms with Crippen LogP contribution in [0.25, 0.3) is 0 Å². The highest BCUT2D eigenvalue weighted by Crippen LogP contribution is 2.26. The van der Waals surface area contributed by atoms with Crippen LogP contribution < -0.4 is 9.64 Å². The zero-order valence-electron chi connectivity index (χ0n) is 17.2. The first-order valence-corrected chi connectivity index (χ1v) is 10.3. The summed E-state index contributed by atoms with van der Waals surface area (Å²) in [5, 5.41) is 0.743. The van der Waals surface area contributed by atoms with Crippen LogP contribution in [0.15, 0.2) is 36.4 Å². The van der Waals surface area contributed by atoms with E-state index in [1.165, 1.54) is 11.1 Å². The zero-order chi connectivity index (χ0) is 20.3. The molecule has 1 saturated heterocycles. The SMILES string of the molecule is CCC(Oc1ccc(C)cc1C)C(=O)N1CCN(c2cc(Cl)ccc2C)CC1. The summed E-state index contributed by atoms with van der Waals surface area (Å²) in [4.78, 5) is 17.3. The minimum absolute atomic E-state index is 0.0740. The van der Waals surface area contributed by atoms with Crippen LogP contribution in [0, 0.1) is 20.8 Å². The van der Waals surface area contributed by atoms with E-state index in [2.05, 4.69) is 24.8 Å². The summed E-state index contributed by atoms with van der Waals surface area (Å²) < 4.78 is 6.09. The first kappa shape index (κ1) is 20.5. The molecule has 2 aromatic carbocycles. The molecule has 0 spiro atoms. The van der Waals surface area contributed by atoms with Gasteiger partial charge in [0.15, 0.2) is 6.10 Å². The van der Waals surface area contributed by atoms with Crippen molar-refractivity contribution in [3.8, 4) is 5.75 Å². The number of aryl methyl sites for hydroxylation is 3. The van der Waals surface area contributed by atoms with Gasteiger partial charge in [-0.2, -0.15) is 0 Å². The third kappa shape index (κ3) is 4.61. The summed E-state index contributed by atoms with van der Waals surface area (Å²) in [6.07, 6.45) is 0.209. The Morgan fingerprint density at radius 2 is 1.75 bits per heavy atom. The van der Waals surface area contributed by atoms with E-state index in [0.29, 0.717) is 19.5 Å². The number of nitrogens with zero attached hydrogens (tertiary/aromatic N) is 2. The maximum absolute atomic E-state index is 13.0. The predicted molar refractivity (Wildman–Crippen MR) is 116 cm³/mol. The van der Waals surface area contributed by atoms with E-state index in [-0.39, 0.29) is 5.91 Å². The molecular weight excluding hydrogens is 372 g/mol. The molecule has 0 aliphatic carbocycles. The number of ether oxygens (including phenoxy) is 1. The topological polar surface area (TPSA) is 32.8 Å². The van der Waals surface area contributed by atoms with E-state index >= 15 is 0 Å². The van der Waals surface area contributed by atoms with Crippen LogP contribution in [0.2, 0.25) is 5.02 Å². The quantitative estimate of drug-likeness (QED) is 0.724. The van der Waals surface area contributed by atoms with E-state index < -0.39 is 6.10 Å².